The van der Waals surface area contributed by atoms with Gasteiger partial charge in [0.15, 0.2) is 5.96 Å². The predicted molar refractivity (Wildman–Crippen MR) is 117 cm³/mol. The molecule has 1 unspecified atom stereocenters. The van der Waals surface area contributed by atoms with Gasteiger partial charge in [-0.15, -0.1) is 0 Å². The summed E-state index contributed by atoms with van der Waals surface area (Å²) in [5, 5.41) is 9.67. The summed E-state index contributed by atoms with van der Waals surface area (Å²) in [4.78, 5) is 16.4. The van der Waals surface area contributed by atoms with E-state index in [9.17, 15) is 4.79 Å². The smallest absolute Gasteiger partial charge is 0.251 e. The molecule has 0 saturated heterocycles. The number of nitrogens with one attached hydrogen (secondary N) is 3. The van der Waals surface area contributed by atoms with Crippen LogP contribution in [-0.4, -0.2) is 31.5 Å². The molecule has 0 saturated carbocycles. The second-order valence-electron chi connectivity index (χ2n) is 6.95. The van der Waals surface area contributed by atoms with Crippen molar-refractivity contribution in [3.8, 4) is 0 Å². The number of nitrogens with zero attached hydrogens (tertiary/aromatic N) is 1. The molecule has 0 radical (unpaired) electrons. The average molecular weight is 381 g/mol. The first-order valence-electron chi connectivity index (χ1n) is 10.0. The van der Waals surface area contributed by atoms with Gasteiger partial charge in [-0.05, 0) is 49.4 Å². The van der Waals surface area contributed by atoms with Crippen molar-refractivity contribution in [3.63, 3.8) is 0 Å². The Kier molecular flexibility index (Phi) is 9.05. The van der Waals surface area contributed by atoms with Crippen LogP contribution in [0.25, 0.3) is 0 Å². The highest BCUT2D eigenvalue weighted by Gasteiger charge is 2.08. The van der Waals surface area contributed by atoms with Gasteiger partial charge < -0.3 is 16.0 Å². The van der Waals surface area contributed by atoms with E-state index in [1.165, 1.54) is 5.56 Å². The first kappa shape index (κ1) is 21.5. The first-order valence-corrected chi connectivity index (χ1v) is 10.0. The van der Waals surface area contributed by atoms with Crippen LogP contribution in [0.2, 0.25) is 0 Å². The van der Waals surface area contributed by atoms with Crippen molar-refractivity contribution in [1.29, 1.82) is 0 Å². The Morgan fingerprint density at radius 2 is 1.79 bits per heavy atom. The number of hydrogen-bond acceptors (Lipinski definition) is 2. The number of carbonyl (C=O) groups excluding carboxylic acids is 1. The van der Waals surface area contributed by atoms with E-state index in [-0.39, 0.29) is 5.91 Å². The molecule has 5 nitrogen and oxygen atoms in total. The average Bonchev–Trinajstić information content (AvgIpc) is 2.74. The van der Waals surface area contributed by atoms with Gasteiger partial charge in [0, 0.05) is 31.7 Å². The van der Waals surface area contributed by atoms with Gasteiger partial charge in [-0.1, -0.05) is 49.4 Å². The van der Waals surface area contributed by atoms with Crippen LogP contribution in [-0.2, 0) is 13.0 Å². The van der Waals surface area contributed by atoms with Gasteiger partial charge in [-0.2, -0.15) is 0 Å². The molecule has 1 amide bonds. The molecule has 5 heteroatoms. The molecule has 0 aliphatic rings. The molecule has 0 spiro atoms. The van der Waals surface area contributed by atoms with Crippen molar-refractivity contribution in [1.82, 2.24) is 16.0 Å². The third kappa shape index (κ3) is 7.43. The van der Waals surface area contributed by atoms with Gasteiger partial charge in [-0.25, -0.2) is 0 Å². The summed E-state index contributed by atoms with van der Waals surface area (Å²) in [6.07, 6.45) is 2.98. The molecule has 2 rings (SSSR count). The number of hydrogen-bond donors (Lipinski definition) is 3. The summed E-state index contributed by atoms with van der Waals surface area (Å²) in [7, 11) is 1.77. The quantitative estimate of drug-likeness (QED) is 0.461. The molecule has 150 valence electrons. The number of benzene rings is 2. The Labute approximate surface area is 168 Å². The van der Waals surface area contributed by atoms with Crippen molar-refractivity contribution in [3.05, 3.63) is 71.3 Å². The third-order valence-corrected chi connectivity index (χ3v) is 4.50. The van der Waals surface area contributed by atoms with E-state index in [2.05, 4.69) is 52.1 Å². The van der Waals surface area contributed by atoms with Crippen molar-refractivity contribution in [2.24, 2.45) is 4.99 Å². The van der Waals surface area contributed by atoms with Crippen LogP contribution in [0.1, 0.15) is 48.2 Å². The highest BCUT2D eigenvalue weighted by molar-refractivity contribution is 5.94. The number of aliphatic imine (C=N–C) groups is 1. The lowest BCUT2D eigenvalue weighted by atomic mass is 10.1. The van der Waals surface area contributed by atoms with Gasteiger partial charge in [-0.3, -0.25) is 9.79 Å². The number of rotatable bonds is 9. The number of carbonyl (C=O) groups is 1. The summed E-state index contributed by atoms with van der Waals surface area (Å²) >= 11 is 0. The van der Waals surface area contributed by atoms with Gasteiger partial charge in [0.2, 0.25) is 0 Å². The van der Waals surface area contributed by atoms with Crippen LogP contribution in [0.3, 0.4) is 0 Å². The second-order valence-corrected chi connectivity index (χ2v) is 6.95. The fraction of sp³-hybridized carbons (Fsp3) is 0.391. The molecule has 2 aromatic rings. The Bertz CT molecular complexity index is 758. The van der Waals surface area contributed by atoms with E-state index < -0.39 is 0 Å². The topological polar surface area (TPSA) is 65.5 Å². The monoisotopic (exact) mass is 380 g/mol. The van der Waals surface area contributed by atoms with Crippen molar-refractivity contribution >= 4 is 11.9 Å². The Morgan fingerprint density at radius 1 is 1.04 bits per heavy atom. The van der Waals surface area contributed by atoms with E-state index in [1.54, 1.807) is 7.05 Å². The summed E-state index contributed by atoms with van der Waals surface area (Å²) in [6, 6.07) is 18.5. The van der Waals surface area contributed by atoms with E-state index in [0.717, 1.165) is 30.8 Å². The van der Waals surface area contributed by atoms with Gasteiger partial charge >= 0.3 is 0 Å². The summed E-state index contributed by atoms with van der Waals surface area (Å²) in [5.41, 5.74) is 3.08. The van der Waals surface area contributed by atoms with Crippen LogP contribution < -0.4 is 16.0 Å². The minimum absolute atomic E-state index is 0.0271. The second kappa shape index (κ2) is 11.8. The van der Waals surface area contributed by atoms with Crippen LogP contribution in [0.4, 0.5) is 0 Å². The molecule has 2 aromatic carbocycles. The summed E-state index contributed by atoms with van der Waals surface area (Å²) < 4.78 is 0. The minimum atomic E-state index is -0.0271. The summed E-state index contributed by atoms with van der Waals surface area (Å²) in [5.74, 6) is 0.738. The highest BCUT2D eigenvalue weighted by Crippen LogP contribution is 2.06. The lowest BCUT2D eigenvalue weighted by molar-refractivity contribution is 0.0953. The SMILES string of the molecule is CCCNC(=O)c1cccc(CNC(=NC)NC(C)CCc2ccccc2)c1. The maximum atomic E-state index is 12.1. The van der Waals surface area contributed by atoms with Gasteiger partial charge in [0.25, 0.3) is 5.91 Å². The summed E-state index contributed by atoms with van der Waals surface area (Å²) in [6.45, 7) is 5.51. The van der Waals surface area contributed by atoms with E-state index >= 15 is 0 Å². The van der Waals surface area contributed by atoms with Crippen molar-refractivity contribution in [2.45, 2.75) is 45.7 Å². The molecular weight excluding hydrogens is 348 g/mol. The van der Waals surface area contributed by atoms with Gasteiger partial charge in [0.1, 0.15) is 0 Å². The molecule has 3 N–H and O–H groups in total. The lowest BCUT2D eigenvalue weighted by Gasteiger charge is -2.18. The Morgan fingerprint density at radius 3 is 2.50 bits per heavy atom. The fourth-order valence-corrected chi connectivity index (χ4v) is 2.88. The molecular formula is C23H32N4O. The van der Waals surface area contributed by atoms with E-state index in [0.29, 0.717) is 24.7 Å². The molecule has 1 atom stereocenters. The first-order chi connectivity index (χ1) is 13.6. The normalized spacial score (nSPS) is 12.3. The molecule has 0 bridgehead atoms. The third-order valence-electron chi connectivity index (χ3n) is 4.50. The maximum Gasteiger partial charge on any atom is 0.251 e. The number of guanidine groups is 1. The molecule has 0 heterocycles. The number of amides is 1. The fourth-order valence-electron chi connectivity index (χ4n) is 2.88. The Hall–Kier alpha value is -2.82. The van der Waals surface area contributed by atoms with Crippen LogP contribution in [0.15, 0.2) is 59.6 Å². The maximum absolute atomic E-state index is 12.1. The molecule has 0 aliphatic heterocycles. The van der Waals surface area contributed by atoms with Crippen LogP contribution >= 0.6 is 0 Å². The van der Waals surface area contributed by atoms with Crippen LogP contribution in [0.5, 0.6) is 0 Å². The highest BCUT2D eigenvalue weighted by atomic mass is 16.1. The largest absolute Gasteiger partial charge is 0.354 e. The zero-order valence-electron chi connectivity index (χ0n) is 17.2. The van der Waals surface area contributed by atoms with Crippen molar-refractivity contribution in [2.75, 3.05) is 13.6 Å². The molecule has 0 aromatic heterocycles. The predicted octanol–water partition coefficient (Wildman–Crippen LogP) is 3.51. The zero-order chi connectivity index (χ0) is 20.2. The van der Waals surface area contributed by atoms with Crippen LogP contribution in [0, 0.1) is 0 Å². The molecule has 0 aliphatic carbocycles. The standard InChI is InChI=1S/C23H32N4O/c1-4-15-25-22(28)21-12-8-11-20(16-21)17-26-23(24-3)27-18(2)13-14-19-9-6-5-7-10-19/h5-12,16,18H,4,13-15,17H2,1-3H3,(H,25,28)(H2,24,26,27). The van der Waals surface area contributed by atoms with E-state index in [1.807, 2.05) is 37.3 Å². The Balaban J connectivity index is 1.82. The minimum Gasteiger partial charge on any atom is -0.354 e. The van der Waals surface area contributed by atoms with Crippen molar-refractivity contribution < 1.29 is 4.79 Å². The molecule has 28 heavy (non-hydrogen) atoms. The lowest BCUT2D eigenvalue weighted by Crippen LogP contribution is -2.42. The zero-order valence-corrected chi connectivity index (χ0v) is 17.2. The number of aryl methyl sites for hydroxylation is 1. The van der Waals surface area contributed by atoms with E-state index in [4.69, 9.17) is 0 Å². The van der Waals surface area contributed by atoms with Gasteiger partial charge in [0.05, 0.1) is 0 Å². The molecule has 0 fully saturated rings.